The van der Waals surface area contributed by atoms with Crippen LogP contribution in [0.5, 0.6) is 0 Å². The molecule has 0 radical (unpaired) electrons. The van der Waals surface area contributed by atoms with Gasteiger partial charge in [0.05, 0.1) is 22.2 Å². The molecule has 1 fully saturated rings. The molecule has 0 bridgehead atoms. The fraction of sp³-hybridized carbons (Fsp3) is 0.435. The average Bonchev–Trinajstić information content (AvgIpc) is 3.01. The molecule has 0 aliphatic carbocycles. The van der Waals surface area contributed by atoms with Gasteiger partial charge in [0, 0.05) is 30.9 Å². The molecule has 3 heterocycles. The Morgan fingerprint density at radius 3 is 2.43 bits per heavy atom. The third-order valence-corrected chi connectivity index (χ3v) is 6.32. The molecule has 1 N–H and O–H groups in total. The monoisotopic (exact) mass is 426 g/mol. The zero-order valence-corrected chi connectivity index (χ0v) is 18.6. The largest absolute Gasteiger partial charge is 0.385 e. The Morgan fingerprint density at radius 2 is 1.83 bits per heavy atom. The molecule has 30 heavy (non-hydrogen) atoms. The van der Waals surface area contributed by atoms with E-state index in [0.29, 0.717) is 36.5 Å². The van der Waals surface area contributed by atoms with Crippen LogP contribution in [-0.2, 0) is 12.6 Å². The van der Waals surface area contributed by atoms with E-state index in [1.165, 1.54) is 0 Å². The number of halogens is 1. The quantitative estimate of drug-likeness (QED) is 0.682. The van der Waals surface area contributed by atoms with Crippen LogP contribution in [0.2, 0.25) is 5.02 Å². The Kier molecular flexibility index (Phi) is 5.32. The zero-order chi connectivity index (χ0) is 21.6. The lowest BCUT2D eigenvalue weighted by Gasteiger charge is -2.38. The van der Waals surface area contributed by atoms with Crippen molar-refractivity contribution in [2.24, 2.45) is 7.05 Å². The summed E-state index contributed by atoms with van der Waals surface area (Å²) < 4.78 is 1.74. The summed E-state index contributed by atoms with van der Waals surface area (Å²) in [6, 6.07) is 9.21. The van der Waals surface area contributed by atoms with Crippen molar-refractivity contribution in [2.45, 2.75) is 45.1 Å². The van der Waals surface area contributed by atoms with Crippen molar-refractivity contribution in [3.05, 3.63) is 57.9 Å². The van der Waals surface area contributed by atoms with Crippen LogP contribution in [0.25, 0.3) is 11.0 Å². The molecule has 3 aromatic rings. The maximum atomic E-state index is 13.5. The highest BCUT2D eigenvalue weighted by atomic mass is 35.5. The Morgan fingerprint density at radius 1 is 1.20 bits per heavy atom. The topological polar surface area (TPSA) is 71.2 Å². The van der Waals surface area contributed by atoms with Gasteiger partial charge in [0.25, 0.3) is 5.91 Å². The minimum Gasteiger partial charge on any atom is -0.385 e. The number of benzene rings is 1. The molecule has 1 aliphatic rings. The first-order valence-electron chi connectivity index (χ1n) is 10.3. The number of pyridine rings is 1. The van der Waals surface area contributed by atoms with Crippen molar-refractivity contribution in [3.63, 3.8) is 0 Å². The molecule has 7 heteroatoms. The Labute approximate surface area is 181 Å². The van der Waals surface area contributed by atoms with Crippen molar-refractivity contribution >= 4 is 28.5 Å². The molecular weight excluding hydrogens is 400 g/mol. The Bertz CT molecular complexity index is 1100. The number of nitrogens with zero attached hydrogens (tertiary/aromatic N) is 4. The number of hydrogen-bond donors (Lipinski definition) is 1. The van der Waals surface area contributed by atoms with Crippen molar-refractivity contribution in [3.8, 4) is 0 Å². The van der Waals surface area contributed by atoms with E-state index in [1.807, 2.05) is 37.1 Å². The number of hydrogen-bond acceptors (Lipinski definition) is 4. The van der Waals surface area contributed by atoms with Crippen LogP contribution in [0, 0.1) is 6.92 Å². The van der Waals surface area contributed by atoms with Gasteiger partial charge in [-0.15, -0.1) is 0 Å². The molecule has 1 aliphatic heterocycles. The molecule has 158 valence electrons. The number of rotatable bonds is 3. The first-order valence-corrected chi connectivity index (χ1v) is 10.7. The van der Waals surface area contributed by atoms with Gasteiger partial charge >= 0.3 is 0 Å². The van der Waals surface area contributed by atoms with Gasteiger partial charge < -0.3 is 10.0 Å². The highest BCUT2D eigenvalue weighted by Gasteiger charge is 2.36. The van der Waals surface area contributed by atoms with Crippen molar-refractivity contribution in [2.75, 3.05) is 13.1 Å². The standard InChI is InChI=1S/C23H27ClN4O2/c1-14(2)19-13-18(20-15(3)26-27(4)21(20)25-19)22(29)28-11-9-23(30,10-12-28)16-5-7-17(24)8-6-16/h5-8,13-14,30H,9-12H2,1-4H3. The summed E-state index contributed by atoms with van der Waals surface area (Å²) in [5.74, 6) is 0.172. The summed E-state index contributed by atoms with van der Waals surface area (Å²) in [4.78, 5) is 20.1. The first-order chi connectivity index (χ1) is 14.2. The summed E-state index contributed by atoms with van der Waals surface area (Å²) >= 11 is 5.98. The van der Waals surface area contributed by atoms with E-state index in [4.69, 9.17) is 16.6 Å². The van der Waals surface area contributed by atoms with E-state index in [9.17, 15) is 9.90 Å². The summed E-state index contributed by atoms with van der Waals surface area (Å²) in [6.45, 7) is 7.01. The lowest BCUT2D eigenvalue weighted by molar-refractivity contribution is -0.0211. The average molecular weight is 427 g/mol. The fourth-order valence-corrected chi connectivity index (χ4v) is 4.35. The van der Waals surface area contributed by atoms with E-state index >= 15 is 0 Å². The molecule has 4 rings (SSSR count). The van der Waals surface area contributed by atoms with Crippen LogP contribution in [0.1, 0.15) is 59.9 Å². The molecule has 0 spiro atoms. The van der Waals surface area contributed by atoms with Crippen LogP contribution in [0.15, 0.2) is 30.3 Å². The van der Waals surface area contributed by atoms with Gasteiger partial charge in [-0.1, -0.05) is 37.6 Å². The van der Waals surface area contributed by atoms with E-state index < -0.39 is 5.60 Å². The van der Waals surface area contributed by atoms with Gasteiger partial charge in [-0.25, -0.2) is 4.98 Å². The minimum atomic E-state index is -0.942. The van der Waals surface area contributed by atoms with E-state index in [0.717, 1.165) is 28.0 Å². The molecular formula is C23H27ClN4O2. The normalized spacial score (nSPS) is 16.4. The summed E-state index contributed by atoms with van der Waals surface area (Å²) in [6.07, 6.45) is 0.968. The number of aryl methyl sites for hydroxylation is 2. The third kappa shape index (κ3) is 3.59. The minimum absolute atomic E-state index is 0.0291. The predicted octanol–water partition coefficient (Wildman–Crippen LogP) is 4.18. The lowest BCUT2D eigenvalue weighted by Crippen LogP contribution is -2.45. The van der Waals surface area contributed by atoms with Crippen molar-refractivity contribution < 1.29 is 9.90 Å². The van der Waals surface area contributed by atoms with Gasteiger partial charge in [-0.3, -0.25) is 9.48 Å². The molecule has 1 aromatic carbocycles. The van der Waals surface area contributed by atoms with Gasteiger partial charge in [0.15, 0.2) is 5.65 Å². The molecule has 6 nitrogen and oxygen atoms in total. The first kappa shape index (κ1) is 20.8. The summed E-state index contributed by atoms with van der Waals surface area (Å²) in [7, 11) is 1.85. The maximum Gasteiger partial charge on any atom is 0.254 e. The number of carbonyl (C=O) groups excluding carboxylic acids is 1. The van der Waals surface area contributed by atoms with Crippen LogP contribution in [0.4, 0.5) is 0 Å². The molecule has 1 saturated heterocycles. The Hall–Kier alpha value is -2.44. The van der Waals surface area contributed by atoms with Crippen LogP contribution < -0.4 is 0 Å². The molecule has 0 unspecified atom stereocenters. The number of aliphatic hydroxyl groups is 1. The number of fused-ring (bicyclic) bond motifs is 1. The van der Waals surface area contributed by atoms with E-state index in [1.54, 1.807) is 16.8 Å². The predicted molar refractivity (Wildman–Crippen MR) is 118 cm³/mol. The van der Waals surface area contributed by atoms with Crippen molar-refractivity contribution in [1.82, 2.24) is 19.7 Å². The molecule has 2 aromatic heterocycles. The third-order valence-electron chi connectivity index (χ3n) is 6.07. The highest BCUT2D eigenvalue weighted by Crippen LogP contribution is 2.34. The number of aromatic nitrogens is 3. The van der Waals surface area contributed by atoms with E-state index in [2.05, 4.69) is 18.9 Å². The lowest BCUT2D eigenvalue weighted by atomic mass is 9.84. The van der Waals surface area contributed by atoms with Gasteiger partial charge in [0.2, 0.25) is 0 Å². The number of piperidine rings is 1. The SMILES string of the molecule is Cc1nn(C)c2nc(C(C)C)cc(C(=O)N3CCC(O)(c4ccc(Cl)cc4)CC3)c12. The summed E-state index contributed by atoms with van der Waals surface area (Å²) in [5.41, 5.74) is 2.96. The van der Waals surface area contributed by atoms with Crippen LogP contribution >= 0.6 is 11.6 Å². The van der Waals surface area contributed by atoms with Crippen molar-refractivity contribution in [1.29, 1.82) is 0 Å². The molecule has 0 saturated carbocycles. The maximum absolute atomic E-state index is 13.5. The molecule has 1 amide bonds. The number of likely N-dealkylation sites (tertiary alicyclic amines) is 1. The smallest absolute Gasteiger partial charge is 0.254 e. The van der Waals surface area contributed by atoms with Gasteiger partial charge in [-0.05, 0) is 49.4 Å². The number of carbonyl (C=O) groups is 1. The number of amides is 1. The second-order valence-corrected chi connectivity index (χ2v) is 8.92. The van der Waals surface area contributed by atoms with Crippen LogP contribution in [0.3, 0.4) is 0 Å². The fourth-order valence-electron chi connectivity index (χ4n) is 4.23. The zero-order valence-electron chi connectivity index (χ0n) is 17.8. The Balaban J connectivity index is 1.63. The summed E-state index contributed by atoms with van der Waals surface area (Å²) in [5, 5.41) is 17.1. The van der Waals surface area contributed by atoms with Gasteiger partial charge in [0.1, 0.15) is 0 Å². The second kappa shape index (κ2) is 7.67. The van der Waals surface area contributed by atoms with Gasteiger partial charge in [-0.2, -0.15) is 5.10 Å². The van der Waals surface area contributed by atoms with Crippen LogP contribution in [-0.4, -0.2) is 43.8 Å². The highest BCUT2D eigenvalue weighted by molar-refractivity contribution is 6.30. The molecule has 0 atom stereocenters. The van der Waals surface area contributed by atoms with E-state index in [-0.39, 0.29) is 11.8 Å². The second-order valence-electron chi connectivity index (χ2n) is 8.49.